The Labute approximate surface area is 171 Å². The first-order chi connectivity index (χ1) is 13.7. The van der Waals surface area contributed by atoms with E-state index in [9.17, 15) is 5.11 Å². The lowest BCUT2D eigenvalue weighted by molar-refractivity contribution is -0.167. The van der Waals surface area contributed by atoms with E-state index in [1.807, 2.05) is 6.92 Å². The van der Waals surface area contributed by atoms with Crippen molar-refractivity contribution < 1.29 is 19.3 Å². The van der Waals surface area contributed by atoms with Crippen LogP contribution < -0.4 is 0 Å². The average Bonchev–Trinajstić information content (AvgIpc) is 2.69. The summed E-state index contributed by atoms with van der Waals surface area (Å²) < 4.78 is 18.3. The molecule has 9 atom stereocenters. The molecule has 0 amide bonds. The predicted octanol–water partition coefficient (Wildman–Crippen LogP) is 3.09. The number of hydrogen-bond acceptors (Lipinski definition) is 5. The Balaban J connectivity index is 1.47. The summed E-state index contributed by atoms with van der Waals surface area (Å²) in [7, 11) is 0. The molecule has 0 aromatic carbocycles. The van der Waals surface area contributed by atoms with Crippen molar-refractivity contribution in [2.45, 2.75) is 89.8 Å². The van der Waals surface area contributed by atoms with Gasteiger partial charge in [-0.2, -0.15) is 0 Å². The third-order valence-corrected chi connectivity index (χ3v) is 8.16. The molecular formula is C23H41NO4. The minimum absolute atomic E-state index is 0.0359. The van der Waals surface area contributed by atoms with E-state index in [1.54, 1.807) is 0 Å². The Morgan fingerprint density at radius 2 is 1.50 bits per heavy atom. The molecule has 4 fully saturated rings. The summed E-state index contributed by atoms with van der Waals surface area (Å²) in [6.45, 7) is 10.9. The van der Waals surface area contributed by atoms with Crippen LogP contribution in [0.1, 0.15) is 59.3 Å². The molecule has 2 aliphatic heterocycles. The van der Waals surface area contributed by atoms with E-state index < -0.39 is 0 Å². The van der Waals surface area contributed by atoms with Crippen molar-refractivity contribution in [1.29, 1.82) is 0 Å². The van der Waals surface area contributed by atoms with Crippen molar-refractivity contribution >= 4 is 0 Å². The average molecular weight is 396 g/mol. The molecule has 1 N–H and O–H groups in total. The fraction of sp³-hybridized carbons (Fsp3) is 1.00. The van der Waals surface area contributed by atoms with E-state index in [0.29, 0.717) is 30.4 Å². The molecule has 5 heteroatoms. The normalized spacial score (nSPS) is 46.5. The van der Waals surface area contributed by atoms with E-state index in [1.165, 1.54) is 25.8 Å². The molecule has 0 aromatic rings. The van der Waals surface area contributed by atoms with E-state index in [4.69, 9.17) is 14.2 Å². The van der Waals surface area contributed by atoms with E-state index in [-0.39, 0.29) is 24.4 Å². The van der Waals surface area contributed by atoms with Gasteiger partial charge in [0, 0.05) is 38.3 Å². The van der Waals surface area contributed by atoms with Gasteiger partial charge in [0.05, 0.1) is 24.4 Å². The van der Waals surface area contributed by atoms with Crippen LogP contribution in [0.25, 0.3) is 0 Å². The van der Waals surface area contributed by atoms with Gasteiger partial charge in [-0.3, -0.25) is 4.90 Å². The van der Waals surface area contributed by atoms with E-state index in [2.05, 4.69) is 18.7 Å². The summed E-state index contributed by atoms with van der Waals surface area (Å²) in [4.78, 5) is 2.77. The minimum atomic E-state index is -0.270. The molecule has 4 rings (SSSR count). The standard InChI is InChI=1S/C23H41NO4/c1-4-26-21-8-7-15-11-19-17-13-22(27-5-2)20(25)12-16(17)9-10-24(19)14-18(15)23(21)28-6-3/h15-23,25H,4-14H2,1-3H3. The third kappa shape index (κ3) is 4.02. The SMILES string of the molecule is CCOC1CC2C(CCN3CC4C(CCC(OCC)C4OCC)CC23)CC1O. The van der Waals surface area contributed by atoms with Crippen molar-refractivity contribution in [1.82, 2.24) is 4.90 Å². The van der Waals surface area contributed by atoms with Crippen LogP contribution in [0.5, 0.6) is 0 Å². The van der Waals surface area contributed by atoms with Crippen LogP contribution in [-0.4, -0.2) is 73.4 Å². The Kier molecular flexibility index (Phi) is 6.99. The molecule has 4 aliphatic rings. The highest BCUT2D eigenvalue weighted by Crippen LogP contribution is 2.49. The largest absolute Gasteiger partial charge is 0.390 e. The maximum absolute atomic E-state index is 10.5. The molecule has 0 spiro atoms. The lowest BCUT2D eigenvalue weighted by Gasteiger charge is -2.57. The summed E-state index contributed by atoms with van der Waals surface area (Å²) >= 11 is 0. The summed E-state index contributed by atoms with van der Waals surface area (Å²) in [6, 6.07) is 0.668. The summed E-state index contributed by atoms with van der Waals surface area (Å²) in [6.07, 6.45) is 7.20. The van der Waals surface area contributed by atoms with Gasteiger partial charge >= 0.3 is 0 Å². The second-order valence-electron chi connectivity index (χ2n) is 9.46. The topological polar surface area (TPSA) is 51.2 Å². The quantitative estimate of drug-likeness (QED) is 0.749. The monoisotopic (exact) mass is 395 g/mol. The maximum Gasteiger partial charge on any atom is 0.0879 e. The van der Waals surface area contributed by atoms with Gasteiger partial charge in [0.15, 0.2) is 0 Å². The Morgan fingerprint density at radius 3 is 2.25 bits per heavy atom. The predicted molar refractivity (Wildman–Crippen MR) is 109 cm³/mol. The highest BCUT2D eigenvalue weighted by Gasteiger charge is 2.51. The number of rotatable bonds is 6. The fourth-order valence-corrected chi connectivity index (χ4v) is 7.01. The third-order valence-electron chi connectivity index (χ3n) is 8.16. The van der Waals surface area contributed by atoms with Gasteiger partial charge in [-0.15, -0.1) is 0 Å². The number of piperidine rings is 2. The first kappa shape index (κ1) is 21.0. The number of fused-ring (bicyclic) bond motifs is 4. The van der Waals surface area contributed by atoms with Gasteiger partial charge in [0.2, 0.25) is 0 Å². The molecule has 0 aromatic heterocycles. The van der Waals surface area contributed by atoms with Crippen LogP contribution in [0.4, 0.5) is 0 Å². The smallest absolute Gasteiger partial charge is 0.0879 e. The summed E-state index contributed by atoms with van der Waals surface area (Å²) in [5.41, 5.74) is 0. The molecule has 5 nitrogen and oxygen atoms in total. The van der Waals surface area contributed by atoms with Gasteiger partial charge in [0.25, 0.3) is 0 Å². The maximum atomic E-state index is 10.5. The number of ether oxygens (including phenoxy) is 3. The van der Waals surface area contributed by atoms with Gasteiger partial charge in [-0.05, 0) is 83.6 Å². The number of nitrogens with zero attached hydrogens (tertiary/aromatic N) is 1. The van der Waals surface area contributed by atoms with Crippen LogP contribution in [-0.2, 0) is 14.2 Å². The molecule has 2 aliphatic carbocycles. The molecular weight excluding hydrogens is 354 g/mol. The lowest BCUT2D eigenvalue weighted by Crippen LogP contribution is -2.62. The van der Waals surface area contributed by atoms with Crippen molar-refractivity contribution in [3.8, 4) is 0 Å². The molecule has 162 valence electrons. The molecule has 9 unspecified atom stereocenters. The second-order valence-corrected chi connectivity index (χ2v) is 9.46. The first-order valence-electron chi connectivity index (χ1n) is 11.9. The second kappa shape index (κ2) is 9.30. The summed E-state index contributed by atoms with van der Waals surface area (Å²) in [5, 5.41) is 10.5. The zero-order valence-corrected chi connectivity index (χ0v) is 18.1. The van der Waals surface area contributed by atoms with Crippen LogP contribution in [0.3, 0.4) is 0 Å². The molecule has 0 bridgehead atoms. The molecule has 2 saturated carbocycles. The number of hydrogen-bond donors (Lipinski definition) is 1. The zero-order chi connectivity index (χ0) is 19.7. The molecule has 2 heterocycles. The lowest BCUT2D eigenvalue weighted by atomic mass is 9.62. The van der Waals surface area contributed by atoms with Crippen LogP contribution in [0, 0.1) is 23.7 Å². The van der Waals surface area contributed by atoms with Gasteiger partial charge in [-0.1, -0.05) is 0 Å². The van der Waals surface area contributed by atoms with Crippen LogP contribution >= 0.6 is 0 Å². The molecule has 28 heavy (non-hydrogen) atoms. The molecule has 2 saturated heterocycles. The fourth-order valence-electron chi connectivity index (χ4n) is 7.01. The highest BCUT2D eigenvalue weighted by molar-refractivity contribution is 5.03. The van der Waals surface area contributed by atoms with E-state index >= 15 is 0 Å². The minimum Gasteiger partial charge on any atom is -0.390 e. The number of aliphatic hydroxyl groups is 1. The van der Waals surface area contributed by atoms with Crippen LogP contribution in [0.2, 0.25) is 0 Å². The van der Waals surface area contributed by atoms with Crippen molar-refractivity contribution in [3.63, 3.8) is 0 Å². The molecule has 0 radical (unpaired) electrons. The Bertz CT molecular complexity index is 503. The zero-order valence-electron chi connectivity index (χ0n) is 18.1. The Morgan fingerprint density at radius 1 is 0.786 bits per heavy atom. The van der Waals surface area contributed by atoms with E-state index in [0.717, 1.165) is 44.9 Å². The van der Waals surface area contributed by atoms with Crippen LogP contribution in [0.15, 0.2) is 0 Å². The highest BCUT2D eigenvalue weighted by atomic mass is 16.5. The van der Waals surface area contributed by atoms with Crippen molar-refractivity contribution in [2.24, 2.45) is 23.7 Å². The first-order valence-corrected chi connectivity index (χ1v) is 11.9. The van der Waals surface area contributed by atoms with Crippen molar-refractivity contribution in [3.05, 3.63) is 0 Å². The number of aliphatic hydroxyl groups excluding tert-OH is 1. The van der Waals surface area contributed by atoms with Gasteiger partial charge < -0.3 is 19.3 Å². The van der Waals surface area contributed by atoms with Gasteiger partial charge in [0.1, 0.15) is 0 Å². The van der Waals surface area contributed by atoms with Crippen molar-refractivity contribution in [2.75, 3.05) is 32.9 Å². The summed E-state index contributed by atoms with van der Waals surface area (Å²) in [5.74, 6) is 2.72. The van der Waals surface area contributed by atoms with Gasteiger partial charge in [-0.25, -0.2) is 0 Å². The Hall–Kier alpha value is -0.200.